The number of carbonyl (C=O) groups is 1. The molecular formula is C15H12N4O2S. The maximum Gasteiger partial charge on any atom is 0.226 e. The van der Waals surface area contributed by atoms with Crippen LogP contribution in [0.2, 0.25) is 0 Å². The van der Waals surface area contributed by atoms with Crippen molar-refractivity contribution < 1.29 is 9.90 Å². The van der Waals surface area contributed by atoms with E-state index >= 15 is 0 Å². The number of aromatic amines is 1. The van der Waals surface area contributed by atoms with Gasteiger partial charge in [0, 0.05) is 29.4 Å². The van der Waals surface area contributed by atoms with E-state index in [1.54, 1.807) is 12.4 Å². The monoisotopic (exact) mass is 312 g/mol. The predicted molar refractivity (Wildman–Crippen MR) is 82.7 cm³/mol. The molecule has 2 N–H and O–H groups in total. The highest BCUT2D eigenvalue weighted by atomic mass is 32.1. The van der Waals surface area contributed by atoms with Crippen LogP contribution in [0.15, 0.2) is 47.7 Å². The van der Waals surface area contributed by atoms with Gasteiger partial charge in [0.25, 0.3) is 0 Å². The number of nitrogens with one attached hydrogen (secondary N) is 1. The molecule has 7 heteroatoms. The molecule has 6 nitrogen and oxygen atoms in total. The first-order valence-corrected chi connectivity index (χ1v) is 7.43. The first-order chi connectivity index (χ1) is 10.7. The Morgan fingerprint density at radius 3 is 2.86 bits per heavy atom. The number of ketones is 1. The Balaban J connectivity index is 1.83. The molecule has 0 aliphatic heterocycles. The molecular weight excluding hydrogens is 300 g/mol. The Labute approximate surface area is 130 Å². The van der Waals surface area contributed by atoms with Gasteiger partial charge in [0.1, 0.15) is 12.1 Å². The van der Waals surface area contributed by atoms with Crippen molar-refractivity contribution in [2.75, 3.05) is 0 Å². The van der Waals surface area contributed by atoms with Crippen LogP contribution in [-0.4, -0.2) is 31.1 Å². The summed E-state index contributed by atoms with van der Waals surface area (Å²) in [6.07, 6.45) is 6.51. The summed E-state index contributed by atoms with van der Waals surface area (Å²) in [5, 5.41) is 20.1. The highest BCUT2D eigenvalue weighted by Crippen LogP contribution is 2.24. The molecule has 0 atom stereocenters. The largest absolute Gasteiger partial charge is 0.507 e. The van der Waals surface area contributed by atoms with Gasteiger partial charge in [0.2, 0.25) is 5.78 Å². The number of H-pyrrole nitrogens is 1. The SMILES string of the molecule is O=C(C=C(O)c1cscc1Cc1ccncc1)c1ncn[nH]1. The highest BCUT2D eigenvalue weighted by Gasteiger charge is 2.13. The van der Waals surface area contributed by atoms with Gasteiger partial charge in [0.15, 0.2) is 5.82 Å². The average molecular weight is 312 g/mol. The number of pyridine rings is 1. The lowest BCUT2D eigenvalue weighted by atomic mass is 10.0. The number of aliphatic hydroxyl groups is 1. The van der Waals surface area contributed by atoms with E-state index in [-0.39, 0.29) is 11.6 Å². The van der Waals surface area contributed by atoms with E-state index in [1.807, 2.05) is 22.9 Å². The van der Waals surface area contributed by atoms with E-state index < -0.39 is 5.78 Å². The molecule has 3 aromatic rings. The Kier molecular flexibility index (Phi) is 4.06. The molecule has 3 aromatic heterocycles. The van der Waals surface area contributed by atoms with Crippen molar-refractivity contribution in [3.05, 3.63) is 70.2 Å². The molecule has 0 fully saturated rings. The maximum absolute atomic E-state index is 11.9. The van der Waals surface area contributed by atoms with Crippen LogP contribution in [0.25, 0.3) is 5.76 Å². The Morgan fingerprint density at radius 1 is 1.32 bits per heavy atom. The molecule has 3 heterocycles. The molecule has 0 aliphatic carbocycles. The van der Waals surface area contributed by atoms with Crippen LogP contribution in [0, 0.1) is 0 Å². The zero-order valence-electron chi connectivity index (χ0n) is 11.4. The van der Waals surface area contributed by atoms with Gasteiger partial charge in [-0.3, -0.25) is 14.9 Å². The lowest BCUT2D eigenvalue weighted by Gasteiger charge is -2.03. The van der Waals surface area contributed by atoms with Crippen molar-refractivity contribution in [2.45, 2.75) is 6.42 Å². The zero-order valence-corrected chi connectivity index (χ0v) is 12.2. The summed E-state index contributed by atoms with van der Waals surface area (Å²) in [5.74, 6) is -0.403. The van der Waals surface area contributed by atoms with Crippen LogP contribution in [0.4, 0.5) is 0 Å². The third-order valence-corrected chi connectivity index (χ3v) is 3.87. The fraction of sp³-hybridized carbons (Fsp3) is 0.0667. The number of thiophene rings is 1. The van der Waals surface area contributed by atoms with Crippen molar-refractivity contribution >= 4 is 22.9 Å². The minimum atomic E-state index is -0.420. The quantitative estimate of drug-likeness (QED) is 0.429. The molecule has 0 saturated heterocycles. The number of aromatic nitrogens is 4. The van der Waals surface area contributed by atoms with Crippen molar-refractivity contribution in [3.63, 3.8) is 0 Å². The summed E-state index contributed by atoms with van der Waals surface area (Å²) in [4.78, 5) is 19.7. The van der Waals surface area contributed by atoms with E-state index in [9.17, 15) is 9.90 Å². The highest BCUT2D eigenvalue weighted by molar-refractivity contribution is 7.08. The third-order valence-electron chi connectivity index (χ3n) is 3.08. The fourth-order valence-corrected chi connectivity index (χ4v) is 2.85. The second kappa shape index (κ2) is 6.31. The molecule has 0 bridgehead atoms. The van der Waals surface area contributed by atoms with Gasteiger partial charge in [-0.15, -0.1) is 0 Å². The number of rotatable bonds is 5. The van der Waals surface area contributed by atoms with E-state index in [2.05, 4.69) is 20.2 Å². The molecule has 3 rings (SSSR count). The van der Waals surface area contributed by atoms with Gasteiger partial charge in [-0.25, -0.2) is 4.98 Å². The van der Waals surface area contributed by atoms with Crippen molar-refractivity contribution in [3.8, 4) is 0 Å². The smallest absolute Gasteiger partial charge is 0.226 e. The molecule has 22 heavy (non-hydrogen) atoms. The third kappa shape index (κ3) is 3.09. The summed E-state index contributed by atoms with van der Waals surface area (Å²) in [6, 6.07) is 3.84. The summed E-state index contributed by atoms with van der Waals surface area (Å²) >= 11 is 1.47. The van der Waals surface area contributed by atoms with Gasteiger partial charge in [0.05, 0.1) is 0 Å². The normalized spacial score (nSPS) is 11.5. The standard InChI is InChI=1S/C15H12N4O2S/c20-13(6-14(21)15-17-9-18-19-15)12-8-22-7-11(12)5-10-1-3-16-4-2-10/h1-4,6-9,20H,5H2,(H,17,18,19). The number of carbonyl (C=O) groups excluding carboxylic acids is 1. The fourth-order valence-electron chi connectivity index (χ4n) is 2.00. The molecule has 0 spiro atoms. The van der Waals surface area contributed by atoms with Crippen molar-refractivity contribution in [1.82, 2.24) is 20.2 Å². The van der Waals surface area contributed by atoms with Crippen LogP contribution in [0.1, 0.15) is 27.3 Å². The van der Waals surface area contributed by atoms with Crippen LogP contribution < -0.4 is 0 Å². The Morgan fingerprint density at radius 2 is 2.14 bits per heavy atom. The number of nitrogens with zero attached hydrogens (tertiary/aromatic N) is 3. The Bertz CT molecular complexity index is 794. The first-order valence-electron chi connectivity index (χ1n) is 6.48. The minimum absolute atomic E-state index is 0.0771. The van der Waals surface area contributed by atoms with Crippen molar-refractivity contribution in [2.24, 2.45) is 0 Å². The average Bonchev–Trinajstić information content (AvgIpc) is 3.19. The summed E-state index contributed by atoms with van der Waals surface area (Å²) in [6.45, 7) is 0. The van der Waals surface area contributed by atoms with E-state index in [4.69, 9.17) is 0 Å². The van der Waals surface area contributed by atoms with E-state index in [0.717, 1.165) is 17.2 Å². The molecule has 0 aromatic carbocycles. The van der Waals surface area contributed by atoms with Gasteiger partial charge in [-0.05, 0) is 35.1 Å². The second-order valence-corrected chi connectivity index (χ2v) is 5.31. The topological polar surface area (TPSA) is 91.8 Å². The molecule has 0 amide bonds. The molecule has 0 saturated carbocycles. The molecule has 0 aliphatic rings. The van der Waals surface area contributed by atoms with Gasteiger partial charge in [-0.2, -0.15) is 16.4 Å². The van der Waals surface area contributed by atoms with E-state index in [0.29, 0.717) is 12.0 Å². The summed E-state index contributed by atoms with van der Waals surface area (Å²) < 4.78 is 0. The van der Waals surface area contributed by atoms with Crippen molar-refractivity contribution in [1.29, 1.82) is 0 Å². The zero-order chi connectivity index (χ0) is 15.4. The maximum atomic E-state index is 11.9. The van der Waals surface area contributed by atoms with Crippen LogP contribution in [0.3, 0.4) is 0 Å². The van der Waals surface area contributed by atoms with Crippen LogP contribution in [-0.2, 0) is 6.42 Å². The lowest BCUT2D eigenvalue weighted by Crippen LogP contribution is -2.00. The van der Waals surface area contributed by atoms with Crippen LogP contribution >= 0.6 is 11.3 Å². The molecule has 0 radical (unpaired) electrons. The van der Waals surface area contributed by atoms with Gasteiger partial charge < -0.3 is 5.11 Å². The predicted octanol–water partition coefficient (Wildman–Crippen LogP) is 2.63. The lowest BCUT2D eigenvalue weighted by molar-refractivity contribution is 0.103. The Hall–Kier alpha value is -2.80. The number of aliphatic hydroxyl groups excluding tert-OH is 1. The van der Waals surface area contributed by atoms with Gasteiger partial charge in [-0.1, -0.05) is 0 Å². The van der Waals surface area contributed by atoms with Gasteiger partial charge >= 0.3 is 0 Å². The molecule has 110 valence electrons. The number of allylic oxidation sites excluding steroid dienone is 1. The van der Waals surface area contributed by atoms with E-state index in [1.165, 1.54) is 17.7 Å². The summed E-state index contributed by atoms with van der Waals surface area (Å²) in [7, 11) is 0. The first kappa shape index (κ1) is 14.2. The minimum Gasteiger partial charge on any atom is -0.507 e. The van der Waals surface area contributed by atoms with Crippen LogP contribution in [0.5, 0.6) is 0 Å². The second-order valence-electron chi connectivity index (χ2n) is 4.57. The summed E-state index contributed by atoms with van der Waals surface area (Å²) in [5.41, 5.74) is 2.69. The number of hydrogen-bond acceptors (Lipinski definition) is 6. The molecule has 0 unspecified atom stereocenters. The number of hydrogen-bond donors (Lipinski definition) is 2.